The Labute approximate surface area is 110 Å². The van der Waals surface area contributed by atoms with Crippen LogP contribution in [0.25, 0.3) is 0 Å². The molecule has 0 unspecified atom stereocenters. The maximum absolute atomic E-state index is 12.2. The third kappa shape index (κ3) is 4.06. The smallest absolute Gasteiger partial charge is 0.253 e. The molecule has 0 radical (unpaired) electrons. The van der Waals surface area contributed by atoms with Crippen LogP contribution < -0.4 is 5.32 Å². The highest BCUT2D eigenvalue weighted by molar-refractivity contribution is 5.95. The summed E-state index contributed by atoms with van der Waals surface area (Å²) < 4.78 is 0. The zero-order valence-corrected chi connectivity index (χ0v) is 11.9. The number of hydrogen-bond donors (Lipinski definition) is 1. The quantitative estimate of drug-likeness (QED) is 0.838. The van der Waals surface area contributed by atoms with Gasteiger partial charge in [0.05, 0.1) is 0 Å². The van der Waals surface area contributed by atoms with Crippen LogP contribution in [0.4, 0.5) is 5.69 Å². The van der Waals surface area contributed by atoms with Crippen LogP contribution in [0, 0.1) is 5.92 Å². The monoisotopic (exact) mass is 248 g/mol. The lowest BCUT2D eigenvalue weighted by Gasteiger charge is -2.19. The highest BCUT2D eigenvalue weighted by atomic mass is 16.2. The van der Waals surface area contributed by atoms with Gasteiger partial charge in [0.1, 0.15) is 0 Å². The summed E-state index contributed by atoms with van der Waals surface area (Å²) in [5.74, 6) is 0.695. The van der Waals surface area contributed by atoms with Gasteiger partial charge in [-0.15, -0.1) is 0 Å². The highest BCUT2D eigenvalue weighted by Crippen LogP contribution is 2.13. The molecule has 0 bridgehead atoms. The normalized spacial score (nSPS) is 10.5. The zero-order valence-electron chi connectivity index (χ0n) is 11.9. The van der Waals surface area contributed by atoms with Crippen molar-refractivity contribution in [3.8, 4) is 0 Å². The summed E-state index contributed by atoms with van der Waals surface area (Å²) in [7, 11) is 0. The average Bonchev–Trinajstić information content (AvgIpc) is 2.38. The number of amides is 1. The molecule has 0 aromatic heterocycles. The van der Waals surface area contributed by atoms with Crippen LogP contribution in [0.15, 0.2) is 24.3 Å². The van der Waals surface area contributed by atoms with Crippen molar-refractivity contribution in [3.63, 3.8) is 0 Å². The van der Waals surface area contributed by atoms with Crippen molar-refractivity contribution < 1.29 is 4.79 Å². The van der Waals surface area contributed by atoms with E-state index in [2.05, 4.69) is 19.2 Å². The van der Waals surface area contributed by atoms with Gasteiger partial charge in [-0.25, -0.2) is 0 Å². The number of rotatable bonds is 6. The Morgan fingerprint density at radius 2 is 1.94 bits per heavy atom. The lowest BCUT2D eigenvalue weighted by Crippen LogP contribution is -2.30. The van der Waals surface area contributed by atoms with Crippen molar-refractivity contribution >= 4 is 11.6 Å². The molecule has 0 atom stereocenters. The second-order valence-corrected chi connectivity index (χ2v) is 4.83. The van der Waals surface area contributed by atoms with Crippen LogP contribution in [0.3, 0.4) is 0 Å². The van der Waals surface area contributed by atoms with Gasteiger partial charge in [-0.05, 0) is 38.0 Å². The predicted octanol–water partition coefficient (Wildman–Crippen LogP) is 3.24. The summed E-state index contributed by atoms with van der Waals surface area (Å²) in [6.07, 6.45) is 0. The molecule has 0 aliphatic carbocycles. The van der Waals surface area contributed by atoms with Crippen molar-refractivity contribution in [2.24, 2.45) is 5.92 Å². The predicted molar refractivity (Wildman–Crippen MR) is 77.0 cm³/mol. The molecule has 0 spiro atoms. The summed E-state index contributed by atoms with van der Waals surface area (Å²) in [6.45, 7) is 10.8. The van der Waals surface area contributed by atoms with Crippen LogP contribution in [-0.2, 0) is 0 Å². The van der Waals surface area contributed by atoms with Crippen molar-refractivity contribution in [1.29, 1.82) is 0 Å². The standard InChI is InChI=1S/C15H24N2O/c1-5-17(6-2)15(18)13-8-7-9-14(10-13)16-11-12(3)4/h7-10,12,16H,5-6,11H2,1-4H3. The first-order chi connectivity index (χ1) is 8.58. The number of carbonyl (C=O) groups is 1. The molecule has 0 aliphatic rings. The third-order valence-electron chi connectivity index (χ3n) is 2.87. The molecule has 18 heavy (non-hydrogen) atoms. The van der Waals surface area contributed by atoms with E-state index in [0.29, 0.717) is 5.92 Å². The van der Waals surface area contributed by atoms with Crippen molar-refractivity contribution in [1.82, 2.24) is 4.90 Å². The molecule has 0 fully saturated rings. The molecule has 3 heteroatoms. The Balaban J connectivity index is 2.78. The lowest BCUT2D eigenvalue weighted by molar-refractivity contribution is 0.0773. The van der Waals surface area contributed by atoms with Crippen LogP contribution in [0.5, 0.6) is 0 Å². The molecule has 0 saturated carbocycles. The number of carbonyl (C=O) groups excluding carboxylic acids is 1. The van der Waals surface area contributed by atoms with Crippen LogP contribution in [0.2, 0.25) is 0 Å². The van der Waals surface area contributed by atoms with E-state index in [1.54, 1.807) is 0 Å². The van der Waals surface area contributed by atoms with Crippen LogP contribution in [-0.4, -0.2) is 30.4 Å². The van der Waals surface area contributed by atoms with Gasteiger partial charge >= 0.3 is 0 Å². The van der Waals surface area contributed by atoms with E-state index >= 15 is 0 Å². The van der Waals surface area contributed by atoms with Gasteiger partial charge in [0, 0.05) is 30.9 Å². The maximum atomic E-state index is 12.2. The fraction of sp³-hybridized carbons (Fsp3) is 0.533. The van der Waals surface area contributed by atoms with E-state index in [-0.39, 0.29) is 5.91 Å². The van der Waals surface area contributed by atoms with Gasteiger partial charge in [-0.2, -0.15) is 0 Å². The average molecular weight is 248 g/mol. The highest BCUT2D eigenvalue weighted by Gasteiger charge is 2.12. The minimum absolute atomic E-state index is 0.105. The summed E-state index contributed by atoms with van der Waals surface area (Å²) in [5, 5.41) is 3.34. The molecule has 0 aliphatic heterocycles. The number of nitrogens with one attached hydrogen (secondary N) is 1. The maximum Gasteiger partial charge on any atom is 0.253 e. The molecule has 1 rings (SSSR count). The summed E-state index contributed by atoms with van der Waals surface area (Å²) >= 11 is 0. The molecular formula is C15H24N2O. The number of nitrogens with zero attached hydrogens (tertiary/aromatic N) is 1. The minimum Gasteiger partial charge on any atom is -0.385 e. The van der Waals surface area contributed by atoms with Gasteiger partial charge < -0.3 is 10.2 Å². The van der Waals surface area contributed by atoms with Crippen molar-refractivity contribution in [2.45, 2.75) is 27.7 Å². The topological polar surface area (TPSA) is 32.3 Å². The fourth-order valence-electron chi connectivity index (χ4n) is 1.78. The van der Waals surface area contributed by atoms with Crippen molar-refractivity contribution in [3.05, 3.63) is 29.8 Å². The molecule has 0 heterocycles. The third-order valence-corrected chi connectivity index (χ3v) is 2.87. The van der Waals surface area contributed by atoms with Gasteiger partial charge in [0.2, 0.25) is 0 Å². The van der Waals surface area contributed by atoms with Crippen molar-refractivity contribution in [2.75, 3.05) is 25.0 Å². The molecule has 3 nitrogen and oxygen atoms in total. The molecular weight excluding hydrogens is 224 g/mol. The first-order valence-electron chi connectivity index (χ1n) is 6.71. The van der Waals surface area contributed by atoms with Gasteiger partial charge in [0.15, 0.2) is 0 Å². The second-order valence-electron chi connectivity index (χ2n) is 4.83. The molecule has 1 aromatic carbocycles. The van der Waals surface area contributed by atoms with Crippen LogP contribution >= 0.6 is 0 Å². The first kappa shape index (κ1) is 14.6. The van der Waals surface area contributed by atoms with E-state index < -0.39 is 0 Å². The van der Waals surface area contributed by atoms with E-state index in [4.69, 9.17) is 0 Å². The molecule has 0 saturated heterocycles. The number of hydrogen-bond acceptors (Lipinski definition) is 2. The van der Waals surface area contributed by atoms with Gasteiger partial charge in [0.25, 0.3) is 5.91 Å². The lowest BCUT2D eigenvalue weighted by atomic mass is 10.1. The number of anilines is 1. The first-order valence-corrected chi connectivity index (χ1v) is 6.71. The minimum atomic E-state index is 0.105. The fourth-order valence-corrected chi connectivity index (χ4v) is 1.78. The Morgan fingerprint density at radius 1 is 1.28 bits per heavy atom. The van der Waals surface area contributed by atoms with Crippen LogP contribution in [0.1, 0.15) is 38.1 Å². The Hall–Kier alpha value is -1.51. The molecule has 1 amide bonds. The van der Waals surface area contributed by atoms with E-state index in [1.165, 1.54) is 0 Å². The second kappa shape index (κ2) is 7.04. The number of benzene rings is 1. The molecule has 1 aromatic rings. The Bertz CT molecular complexity index is 384. The SMILES string of the molecule is CCN(CC)C(=O)c1cccc(NCC(C)C)c1. The zero-order chi connectivity index (χ0) is 13.5. The largest absolute Gasteiger partial charge is 0.385 e. The Morgan fingerprint density at radius 3 is 2.50 bits per heavy atom. The summed E-state index contributed by atoms with van der Waals surface area (Å²) in [6, 6.07) is 7.74. The van der Waals surface area contributed by atoms with E-state index in [9.17, 15) is 4.79 Å². The summed E-state index contributed by atoms with van der Waals surface area (Å²) in [4.78, 5) is 14.0. The van der Waals surface area contributed by atoms with Gasteiger partial charge in [-0.1, -0.05) is 19.9 Å². The molecule has 100 valence electrons. The van der Waals surface area contributed by atoms with Gasteiger partial charge in [-0.3, -0.25) is 4.79 Å². The van der Waals surface area contributed by atoms with E-state index in [0.717, 1.165) is 30.9 Å². The Kier molecular flexibility index (Phi) is 5.69. The summed E-state index contributed by atoms with van der Waals surface area (Å²) in [5.41, 5.74) is 1.77. The van der Waals surface area contributed by atoms with E-state index in [1.807, 2.05) is 43.0 Å². The molecule has 1 N–H and O–H groups in total.